The second kappa shape index (κ2) is 27.0. The topological polar surface area (TPSA) is 19.4 Å². The molecule has 0 N–H and O–H groups in total. The Bertz CT molecular complexity index is 2070. The molecule has 0 bridgehead atoms. The molecule has 0 saturated heterocycles. The van der Waals surface area contributed by atoms with Gasteiger partial charge in [0, 0.05) is 105 Å². The number of benzene rings is 5. The minimum Gasteiger partial charge on any atom is -0.366 e. The molecule has 0 aliphatic rings. The van der Waals surface area contributed by atoms with Gasteiger partial charge in [-0.1, -0.05) is 111 Å². The monoisotopic (exact) mass is 1030 g/mol. The van der Waals surface area contributed by atoms with E-state index in [0.29, 0.717) is 95.7 Å². The van der Waals surface area contributed by atoms with Crippen molar-refractivity contribution in [2.75, 3.05) is 29.4 Å². The van der Waals surface area contributed by atoms with Crippen LogP contribution in [0.3, 0.4) is 0 Å². The van der Waals surface area contributed by atoms with Crippen molar-refractivity contribution in [3.05, 3.63) is 121 Å². The fourth-order valence-corrected chi connectivity index (χ4v) is 10.7. The highest BCUT2D eigenvalue weighted by atomic mass is 15.2. The van der Waals surface area contributed by atoms with Crippen LogP contribution >= 0.6 is 0 Å². The van der Waals surface area contributed by atoms with Crippen LogP contribution in [0.25, 0.3) is 0 Å². The molecule has 0 saturated carbocycles. The normalized spacial score (nSPS) is 15.4. The fourth-order valence-electron chi connectivity index (χ4n) is 10.7. The van der Waals surface area contributed by atoms with Crippen LogP contribution in [0.15, 0.2) is 121 Å². The number of nitrogens with zero attached hydrogens (tertiary/aromatic N) is 6. The minimum absolute atomic E-state index is 0.400. The summed E-state index contributed by atoms with van der Waals surface area (Å²) >= 11 is 0. The lowest BCUT2D eigenvalue weighted by Gasteiger charge is -2.41. The first kappa shape index (κ1) is 61.7. The summed E-state index contributed by atoms with van der Waals surface area (Å²) in [6.07, 6.45) is 0. The van der Waals surface area contributed by atoms with Crippen LogP contribution in [0.2, 0.25) is 0 Å². The number of hydrogen-bond acceptors (Lipinski definition) is 6. The fraction of sp³-hybridized carbons (Fsp3) is 0.571. The Balaban J connectivity index is 1.70. The molecule has 6 heteroatoms. The predicted octanol–water partition coefficient (Wildman–Crippen LogP) is 20.2. The molecule has 0 fully saturated rings. The smallest absolute Gasteiger partial charge is 0.0463 e. The van der Waals surface area contributed by atoms with Crippen LogP contribution in [0.1, 0.15) is 166 Å². The third-order valence-electron chi connectivity index (χ3n) is 18.2. The molecule has 0 amide bonds. The van der Waals surface area contributed by atoms with Crippen molar-refractivity contribution in [2.45, 2.75) is 215 Å². The van der Waals surface area contributed by atoms with E-state index in [4.69, 9.17) is 0 Å². The highest BCUT2D eigenvalue weighted by Gasteiger charge is 2.30. The van der Waals surface area contributed by atoms with E-state index in [0.717, 1.165) is 34.1 Å². The van der Waals surface area contributed by atoms with Gasteiger partial charge in [0.2, 0.25) is 0 Å². The predicted molar refractivity (Wildman–Crippen MR) is 340 cm³/mol. The third-order valence-corrected chi connectivity index (χ3v) is 18.2. The molecule has 0 aliphatic heterocycles. The molecular weight excluding hydrogens is 925 g/mol. The average Bonchev–Trinajstić information content (AvgIpc) is 3.38. The molecule has 0 aromatic heterocycles. The lowest BCUT2D eigenvalue weighted by molar-refractivity contribution is 0.395. The zero-order valence-electron chi connectivity index (χ0n) is 52.5. The van der Waals surface area contributed by atoms with Crippen molar-refractivity contribution in [1.29, 1.82) is 0 Å². The molecule has 76 heavy (non-hydrogen) atoms. The first-order valence-electron chi connectivity index (χ1n) is 29.9. The van der Waals surface area contributed by atoms with Crippen LogP contribution in [0, 0.1) is 47.3 Å². The van der Waals surface area contributed by atoms with Crippen molar-refractivity contribution in [1.82, 2.24) is 0 Å². The summed E-state index contributed by atoms with van der Waals surface area (Å²) in [6.45, 7) is 56.6. The van der Waals surface area contributed by atoms with Gasteiger partial charge in [-0.3, -0.25) is 0 Å². The van der Waals surface area contributed by atoms with Crippen LogP contribution in [-0.4, -0.2) is 48.3 Å². The van der Waals surface area contributed by atoms with E-state index in [1.807, 2.05) is 0 Å². The molecule has 5 rings (SSSR count). The lowest BCUT2D eigenvalue weighted by atomic mass is 9.96. The summed E-state index contributed by atoms with van der Waals surface area (Å²) in [5.74, 6) is 4.18. The van der Waals surface area contributed by atoms with Crippen LogP contribution in [0.5, 0.6) is 0 Å². The summed E-state index contributed by atoms with van der Waals surface area (Å²) < 4.78 is 0. The van der Waals surface area contributed by atoms with Gasteiger partial charge in [-0.2, -0.15) is 0 Å². The zero-order valence-corrected chi connectivity index (χ0v) is 52.5. The Hall–Kier alpha value is -5.10. The van der Waals surface area contributed by atoms with Crippen molar-refractivity contribution < 1.29 is 0 Å². The Morgan fingerprint density at radius 2 is 0.250 bits per heavy atom. The van der Waals surface area contributed by atoms with Gasteiger partial charge in [-0.25, -0.2) is 0 Å². The van der Waals surface area contributed by atoms with Gasteiger partial charge >= 0.3 is 0 Å². The van der Waals surface area contributed by atoms with Crippen LogP contribution < -0.4 is 29.4 Å². The maximum atomic E-state index is 2.64. The van der Waals surface area contributed by atoms with E-state index >= 15 is 0 Å². The summed E-state index contributed by atoms with van der Waals surface area (Å²) in [4.78, 5) is 15.4. The first-order chi connectivity index (χ1) is 35.7. The standard InChI is InChI=1S/C70H108N6/c1-45(2)53(17)71(54(18)46(3)4)61-25-33-65(34-26-61)75(66-35-27-62(28-36-66)72(55(19)47(5)6)56(20)48(7)8)69-41-43-70(44-42-69)76(67-37-29-63(30-38-67)73(57(21)49(9)10)58(22)50(11)12)68-39-31-64(32-40-68)74(59(23)51(13)14)60(24)52(15)16/h25-60H,1-24H3. The molecule has 0 heterocycles. The van der Waals surface area contributed by atoms with Crippen molar-refractivity contribution in [2.24, 2.45) is 47.3 Å². The quantitative estimate of drug-likeness (QED) is 0.0546. The first-order valence-corrected chi connectivity index (χ1v) is 29.9. The summed E-state index contributed by atoms with van der Waals surface area (Å²) in [5, 5.41) is 0. The molecule has 8 atom stereocenters. The summed E-state index contributed by atoms with van der Waals surface area (Å²) in [7, 11) is 0. The van der Waals surface area contributed by atoms with Crippen molar-refractivity contribution in [3.8, 4) is 0 Å². The highest BCUT2D eigenvalue weighted by Crippen LogP contribution is 2.43. The van der Waals surface area contributed by atoms with Gasteiger partial charge in [0.1, 0.15) is 0 Å². The van der Waals surface area contributed by atoms with Gasteiger partial charge in [0.05, 0.1) is 0 Å². The Morgan fingerprint density at radius 1 is 0.158 bits per heavy atom. The number of anilines is 10. The molecule has 0 aliphatic carbocycles. The lowest BCUT2D eigenvalue weighted by Crippen LogP contribution is -2.45. The van der Waals surface area contributed by atoms with Crippen molar-refractivity contribution >= 4 is 56.9 Å². The molecule has 6 nitrogen and oxygen atoms in total. The van der Waals surface area contributed by atoms with Gasteiger partial charge < -0.3 is 29.4 Å². The summed E-state index contributed by atoms with van der Waals surface area (Å²) in [6, 6.07) is 50.0. The Morgan fingerprint density at radius 3 is 0.342 bits per heavy atom. The Labute approximate surface area is 467 Å². The van der Waals surface area contributed by atoms with E-state index in [9.17, 15) is 0 Å². The molecule has 5 aromatic carbocycles. The maximum Gasteiger partial charge on any atom is 0.0463 e. The largest absolute Gasteiger partial charge is 0.366 e. The molecule has 8 unspecified atom stereocenters. The highest BCUT2D eigenvalue weighted by molar-refractivity contribution is 5.83. The van der Waals surface area contributed by atoms with E-state index in [1.165, 1.54) is 22.7 Å². The van der Waals surface area contributed by atoms with E-state index < -0.39 is 0 Å². The van der Waals surface area contributed by atoms with E-state index in [1.54, 1.807) is 0 Å². The second-order valence-corrected chi connectivity index (χ2v) is 25.8. The Kier molecular flexibility index (Phi) is 21.9. The molecular formula is C70H108N6. The molecule has 5 aromatic rings. The van der Waals surface area contributed by atoms with Gasteiger partial charge in [0.25, 0.3) is 0 Å². The van der Waals surface area contributed by atoms with Gasteiger partial charge in [0.15, 0.2) is 0 Å². The zero-order chi connectivity index (χ0) is 56.6. The van der Waals surface area contributed by atoms with Gasteiger partial charge in [-0.15, -0.1) is 0 Å². The van der Waals surface area contributed by atoms with E-state index in [-0.39, 0.29) is 0 Å². The second-order valence-electron chi connectivity index (χ2n) is 25.8. The van der Waals surface area contributed by atoms with Crippen LogP contribution in [-0.2, 0) is 0 Å². The maximum absolute atomic E-state index is 2.64. The molecule has 418 valence electrons. The minimum atomic E-state index is 0.400. The number of rotatable bonds is 26. The van der Waals surface area contributed by atoms with Crippen molar-refractivity contribution in [3.63, 3.8) is 0 Å². The van der Waals surface area contributed by atoms with Gasteiger partial charge in [-0.05, 0) is 224 Å². The average molecular weight is 1030 g/mol. The molecule has 0 radical (unpaired) electrons. The van der Waals surface area contributed by atoms with E-state index in [2.05, 4.69) is 317 Å². The van der Waals surface area contributed by atoms with Crippen LogP contribution in [0.4, 0.5) is 56.9 Å². The summed E-state index contributed by atoms with van der Waals surface area (Å²) in [5.41, 5.74) is 11.8. The SMILES string of the molecule is CC(C)C(C)N(c1ccc(N(c2ccc(N(c3ccc(N(C(C)C(C)C)C(C)C(C)C)cc3)c3ccc(N(C(C)C(C)C)C(C)C(C)C)cc3)cc2)c2ccc(N(C(C)C(C)C)C(C)C(C)C)cc2)cc1)C(C)C(C)C. The number of hydrogen-bond donors (Lipinski definition) is 0. The third kappa shape index (κ3) is 14.3. The molecule has 0 spiro atoms.